The van der Waals surface area contributed by atoms with Crippen LogP contribution < -0.4 is 0 Å². The second kappa shape index (κ2) is 7.20. The Morgan fingerprint density at radius 3 is 1.89 bits per heavy atom. The van der Waals surface area contributed by atoms with Crippen LogP contribution in [0.3, 0.4) is 0 Å². The molecule has 1 aliphatic carbocycles. The number of carbonyl (C=O) groups excluding carboxylic acids is 2. The Hall–Kier alpha value is -2.16. The fourth-order valence-corrected chi connectivity index (χ4v) is 11.7. The normalized spacial score (nSPS) is 13.5. The van der Waals surface area contributed by atoms with Crippen LogP contribution in [0.15, 0.2) is 12.1 Å². The van der Waals surface area contributed by atoms with Crippen LogP contribution in [0.2, 0.25) is 0 Å². The molecule has 0 aliphatic heterocycles. The van der Waals surface area contributed by atoms with Crippen molar-refractivity contribution < 1.29 is 9.59 Å². The van der Waals surface area contributed by atoms with Crippen molar-refractivity contribution in [2.24, 2.45) is 0 Å². The van der Waals surface area contributed by atoms with Crippen molar-refractivity contribution in [2.45, 2.75) is 41.5 Å². The third-order valence-electron chi connectivity index (χ3n) is 7.17. The molecule has 7 rings (SSSR count). The molecule has 0 radical (unpaired) electrons. The summed E-state index contributed by atoms with van der Waals surface area (Å²) in [7, 11) is 0. The predicted molar refractivity (Wildman–Crippen MR) is 156 cm³/mol. The summed E-state index contributed by atoms with van der Waals surface area (Å²) in [6, 6.07) is 4.64. The summed E-state index contributed by atoms with van der Waals surface area (Å²) in [6.07, 6.45) is 0. The van der Waals surface area contributed by atoms with E-state index in [1.165, 1.54) is 57.3 Å². The number of benzene rings is 1. The van der Waals surface area contributed by atoms with Crippen LogP contribution in [0.4, 0.5) is 0 Å². The lowest BCUT2D eigenvalue weighted by Crippen LogP contribution is -2.18. The number of ketones is 2. The Bertz CT molecular complexity index is 1890. The van der Waals surface area contributed by atoms with Crippen molar-refractivity contribution in [3.63, 3.8) is 0 Å². The quantitative estimate of drug-likeness (QED) is 0.205. The van der Waals surface area contributed by atoms with Gasteiger partial charge in [-0.15, -0.1) is 56.7 Å². The first kappa shape index (κ1) is 22.1. The number of hydrogen-bond acceptors (Lipinski definition) is 7. The molecule has 0 saturated carbocycles. The van der Waals surface area contributed by atoms with Crippen LogP contribution in [0, 0.1) is 41.5 Å². The first-order chi connectivity index (χ1) is 16.7. The molecule has 0 fully saturated rings. The van der Waals surface area contributed by atoms with E-state index in [1.54, 1.807) is 22.7 Å². The average Bonchev–Trinajstić information content (AvgIpc) is 3.59. The van der Waals surface area contributed by atoms with Gasteiger partial charge in [-0.05, 0) is 75.6 Å². The molecule has 2 nitrogen and oxygen atoms in total. The van der Waals surface area contributed by atoms with Gasteiger partial charge >= 0.3 is 0 Å². The summed E-state index contributed by atoms with van der Waals surface area (Å²) in [5.41, 5.74) is 4.57. The minimum atomic E-state index is 0.0200. The van der Waals surface area contributed by atoms with Crippen LogP contribution >= 0.6 is 56.7 Å². The van der Waals surface area contributed by atoms with Gasteiger partial charge in [-0.25, -0.2) is 0 Å². The van der Waals surface area contributed by atoms with E-state index in [1.807, 2.05) is 36.5 Å². The lowest BCUT2D eigenvalue weighted by Gasteiger charge is -2.12. The van der Waals surface area contributed by atoms with E-state index >= 15 is 0 Å². The summed E-state index contributed by atoms with van der Waals surface area (Å²) in [5, 5.41) is 3.66. The first-order valence-electron chi connectivity index (χ1n) is 11.4. The average molecular weight is 549 g/mol. The van der Waals surface area contributed by atoms with Crippen molar-refractivity contribution in [3.8, 4) is 9.75 Å². The molecule has 5 aromatic heterocycles. The van der Waals surface area contributed by atoms with Gasteiger partial charge in [0.05, 0.1) is 20.0 Å². The van der Waals surface area contributed by atoms with Crippen molar-refractivity contribution in [1.29, 1.82) is 0 Å². The minimum absolute atomic E-state index is 0.0200. The van der Waals surface area contributed by atoms with E-state index in [9.17, 15) is 9.59 Å². The molecule has 174 valence electrons. The third kappa shape index (κ3) is 2.73. The van der Waals surface area contributed by atoms with Gasteiger partial charge in [0.15, 0.2) is 5.78 Å². The smallest absolute Gasteiger partial charge is 0.205 e. The molecular formula is C28H20O2S5. The van der Waals surface area contributed by atoms with Gasteiger partial charge in [0.1, 0.15) is 0 Å². The Balaban J connectivity index is 1.50. The first-order valence-corrected chi connectivity index (χ1v) is 15.4. The highest BCUT2D eigenvalue weighted by Crippen LogP contribution is 2.52. The van der Waals surface area contributed by atoms with Crippen LogP contribution in [0.25, 0.3) is 40.0 Å². The zero-order chi connectivity index (χ0) is 24.5. The largest absolute Gasteiger partial charge is 0.288 e. The molecule has 0 unspecified atom stereocenters. The standard InChI is InChI=1S/C28H20O2S5/c1-9-7-15-10(2)25-16(11(3)24(15)31-9)8-17(34-25)26-28-20(14(6)33-26)21-22(29)18-12(4)32-13(5)19(18)23(30)27(21)35-28/h7-8H,1-6H3. The molecule has 5 heterocycles. The van der Waals surface area contributed by atoms with E-state index in [0.29, 0.717) is 21.6 Å². The van der Waals surface area contributed by atoms with Gasteiger partial charge in [-0.2, -0.15) is 0 Å². The zero-order valence-electron chi connectivity index (χ0n) is 20.0. The molecule has 1 aliphatic rings. The molecule has 0 bridgehead atoms. The molecule has 0 N–H and O–H groups in total. The van der Waals surface area contributed by atoms with Gasteiger partial charge in [0, 0.05) is 50.3 Å². The summed E-state index contributed by atoms with van der Waals surface area (Å²) < 4.78 is 3.80. The predicted octanol–water partition coefficient (Wildman–Crippen LogP) is 9.75. The Labute approximate surface area is 222 Å². The molecule has 0 spiro atoms. The van der Waals surface area contributed by atoms with Crippen molar-refractivity contribution >= 4 is 98.5 Å². The lowest BCUT2D eigenvalue weighted by atomic mass is 9.88. The van der Waals surface area contributed by atoms with E-state index in [2.05, 4.69) is 39.8 Å². The van der Waals surface area contributed by atoms with Crippen molar-refractivity contribution in [2.75, 3.05) is 0 Å². The second-order valence-electron chi connectivity index (χ2n) is 9.32. The monoisotopic (exact) mass is 548 g/mol. The van der Waals surface area contributed by atoms with Gasteiger partial charge in [-0.1, -0.05) is 0 Å². The van der Waals surface area contributed by atoms with Gasteiger partial charge in [-0.3, -0.25) is 9.59 Å². The summed E-state index contributed by atoms with van der Waals surface area (Å²) >= 11 is 8.53. The molecular weight excluding hydrogens is 529 g/mol. The summed E-state index contributed by atoms with van der Waals surface area (Å²) in [5.74, 6) is 0.0421. The fourth-order valence-electron chi connectivity index (χ4n) is 5.56. The highest BCUT2D eigenvalue weighted by molar-refractivity contribution is 7.32. The van der Waals surface area contributed by atoms with Crippen LogP contribution in [-0.2, 0) is 0 Å². The Morgan fingerprint density at radius 1 is 0.543 bits per heavy atom. The van der Waals surface area contributed by atoms with Crippen LogP contribution in [-0.4, -0.2) is 11.6 Å². The maximum Gasteiger partial charge on any atom is 0.205 e. The van der Waals surface area contributed by atoms with E-state index in [-0.39, 0.29) is 11.6 Å². The second-order valence-corrected chi connectivity index (χ2v) is 15.3. The number of fused-ring (bicyclic) bond motifs is 6. The van der Waals surface area contributed by atoms with E-state index in [4.69, 9.17) is 0 Å². The van der Waals surface area contributed by atoms with Crippen LogP contribution in [0.5, 0.6) is 0 Å². The topological polar surface area (TPSA) is 34.1 Å². The minimum Gasteiger partial charge on any atom is -0.288 e. The maximum absolute atomic E-state index is 13.7. The van der Waals surface area contributed by atoms with Crippen molar-refractivity contribution in [1.82, 2.24) is 0 Å². The SMILES string of the molecule is Cc1cc2c(C)c3sc(-c4sc(C)c5c6c(sc45)C(=O)c4c(C)sc(C)c4C6=O)cc3c(C)c2s1. The Morgan fingerprint density at radius 2 is 1.17 bits per heavy atom. The molecule has 35 heavy (non-hydrogen) atoms. The molecule has 1 aromatic carbocycles. The fraction of sp³-hybridized carbons (Fsp3) is 0.214. The number of rotatable bonds is 1. The molecule has 0 saturated heterocycles. The van der Waals surface area contributed by atoms with E-state index < -0.39 is 0 Å². The third-order valence-corrected chi connectivity index (χ3v) is 13.2. The number of hydrogen-bond donors (Lipinski definition) is 0. The lowest BCUT2D eigenvalue weighted by molar-refractivity contribution is 0.0983. The summed E-state index contributed by atoms with van der Waals surface area (Å²) in [6.45, 7) is 12.6. The van der Waals surface area contributed by atoms with Crippen molar-refractivity contribution in [3.05, 3.63) is 64.3 Å². The number of carbonyl (C=O) groups is 2. The highest BCUT2D eigenvalue weighted by atomic mass is 32.1. The number of aryl methyl sites for hydroxylation is 6. The molecule has 7 heteroatoms. The number of thiophene rings is 5. The maximum atomic E-state index is 13.7. The van der Waals surface area contributed by atoms with Gasteiger partial charge < -0.3 is 0 Å². The summed E-state index contributed by atoms with van der Waals surface area (Å²) in [4.78, 5) is 34.6. The molecule has 0 atom stereocenters. The van der Waals surface area contributed by atoms with Gasteiger partial charge in [0.2, 0.25) is 5.78 Å². The zero-order valence-corrected chi connectivity index (χ0v) is 24.1. The Kier molecular flexibility index (Phi) is 4.54. The molecule has 0 amide bonds. The van der Waals surface area contributed by atoms with Gasteiger partial charge in [0.25, 0.3) is 0 Å². The van der Waals surface area contributed by atoms with Crippen LogP contribution in [0.1, 0.15) is 61.8 Å². The van der Waals surface area contributed by atoms with E-state index in [0.717, 1.165) is 24.7 Å². The highest BCUT2D eigenvalue weighted by Gasteiger charge is 2.38. The molecule has 6 aromatic rings.